The van der Waals surface area contributed by atoms with E-state index in [2.05, 4.69) is 32.7 Å². The van der Waals surface area contributed by atoms with E-state index in [9.17, 15) is 4.79 Å². The first-order valence-corrected chi connectivity index (χ1v) is 6.95. The standard InChI is InChI=1S/C16H23NO2/c1-11-12(2)17(4)13(3)15(11)16(18)19-10-14-8-6-5-7-9-14/h5-9,11-13,15H,10H2,1-4H3. The van der Waals surface area contributed by atoms with Gasteiger partial charge in [0.2, 0.25) is 0 Å². The van der Waals surface area contributed by atoms with Crippen LogP contribution < -0.4 is 0 Å². The molecule has 3 nitrogen and oxygen atoms in total. The second kappa shape index (κ2) is 5.74. The molecule has 1 aromatic rings. The van der Waals surface area contributed by atoms with Gasteiger partial charge in [0.1, 0.15) is 6.61 Å². The fraction of sp³-hybridized carbons (Fsp3) is 0.562. The van der Waals surface area contributed by atoms with E-state index in [4.69, 9.17) is 4.74 Å². The van der Waals surface area contributed by atoms with Crippen molar-refractivity contribution in [2.75, 3.05) is 7.05 Å². The molecule has 4 unspecified atom stereocenters. The first-order chi connectivity index (χ1) is 9.02. The zero-order chi connectivity index (χ0) is 14.0. The number of hydrogen-bond donors (Lipinski definition) is 0. The lowest BCUT2D eigenvalue weighted by molar-refractivity contribution is -0.151. The van der Waals surface area contributed by atoms with Crippen molar-refractivity contribution in [3.05, 3.63) is 35.9 Å². The highest BCUT2D eigenvalue weighted by Gasteiger charge is 2.44. The highest BCUT2D eigenvalue weighted by atomic mass is 16.5. The average Bonchev–Trinajstić information content (AvgIpc) is 2.62. The zero-order valence-electron chi connectivity index (χ0n) is 12.2. The number of ether oxygens (including phenoxy) is 1. The normalized spacial score (nSPS) is 31.4. The van der Waals surface area contributed by atoms with Gasteiger partial charge in [-0.15, -0.1) is 0 Å². The molecule has 0 N–H and O–H groups in total. The van der Waals surface area contributed by atoms with Gasteiger partial charge < -0.3 is 4.74 Å². The van der Waals surface area contributed by atoms with Crippen LogP contribution in [-0.4, -0.2) is 30.0 Å². The van der Waals surface area contributed by atoms with Gasteiger partial charge in [0.05, 0.1) is 5.92 Å². The molecule has 1 aromatic carbocycles. The Kier molecular flexibility index (Phi) is 4.25. The third-order valence-electron chi connectivity index (χ3n) is 4.63. The summed E-state index contributed by atoms with van der Waals surface area (Å²) in [7, 11) is 2.08. The van der Waals surface area contributed by atoms with Gasteiger partial charge in [0.15, 0.2) is 0 Å². The Labute approximate surface area is 115 Å². The minimum atomic E-state index is -0.0694. The third-order valence-corrected chi connectivity index (χ3v) is 4.63. The maximum atomic E-state index is 12.3. The summed E-state index contributed by atoms with van der Waals surface area (Å²) in [4.78, 5) is 14.5. The minimum Gasteiger partial charge on any atom is -0.461 e. The van der Waals surface area contributed by atoms with Crippen LogP contribution in [-0.2, 0) is 16.1 Å². The van der Waals surface area contributed by atoms with Crippen LogP contribution in [0.2, 0.25) is 0 Å². The molecule has 104 valence electrons. The lowest BCUT2D eigenvalue weighted by Crippen LogP contribution is -2.33. The van der Waals surface area contributed by atoms with Crippen molar-refractivity contribution in [3.63, 3.8) is 0 Å². The van der Waals surface area contributed by atoms with Crippen molar-refractivity contribution in [2.45, 2.75) is 39.5 Å². The predicted octanol–water partition coefficient (Wildman–Crippen LogP) is 2.70. The number of benzene rings is 1. The topological polar surface area (TPSA) is 29.5 Å². The van der Waals surface area contributed by atoms with Crippen molar-refractivity contribution in [1.82, 2.24) is 4.90 Å². The van der Waals surface area contributed by atoms with Crippen LogP contribution in [0.3, 0.4) is 0 Å². The molecular weight excluding hydrogens is 238 g/mol. The quantitative estimate of drug-likeness (QED) is 0.784. The predicted molar refractivity (Wildman–Crippen MR) is 75.6 cm³/mol. The number of esters is 1. The summed E-state index contributed by atoms with van der Waals surface area (Å²) in [6.45, 7) is 6.78. The van der Waals surface area contributed by atoms with Crippen LogP contribution in [0.15, 0.2) is 30.3 Å². The summed E-state index contributed by atoms with van der Waals surface area (Å²) < 4.78 is 5.48. The number of rotatable bonds is 3. The number of nitrogens with zero attached hydrogens (tertiary/aromatic N) is 1. The van der Waals surface area contributed by atoms with Crippen molar-refractivity contribution >= 4 is 5.97 Å². The number of carbonyl (C=O) groups excluding carboxylic acids is 1. The molecule has 0 aliphatic carbocycles. The molecule has 19 heavy (non-hydrogen) atoms. The van der Waals surface area contributed by atoms with Crippen LogP contribution in [0.25, 0.3) is 0 Å². The number of hydrogen-bond acceptors (Lipinski definition) is 3. The highest BCUT2D eigenvalue weighted by molar-refractivity contribution is 5.74. The molecule has 2 rings (SSSR count). The van der Waals surface area contributed by atoms with Gasteiger partial charge in [-0.1, -0.05) is 37.3 Å². The van der Waals surface area contributed by atoms with Gasteiger partial charge in [-0.25, -0.2) is 0 Å². The summed E-state index contributed by atoms with van der Waals surface area (Å²) in [6, 6.07) is 10.5. The summed E-state index contributed by atoms with van der Waals surface area (Å²) in [6.07, 6.45) is 0. The van der Waals surface area contributed by atoms with Gasteiger partial charge in [-0.3, -0.25) is 9.69 Å². The van der Waals surface area contributed by atoms with Gasteiger partial charge in [-0.2, -0.15) is 0 Å². The van der Waals surface area contributed by atoms with Crippen molar-refractivity contribution < 1.29 is 9.53 Å². The van der Waals surface area contributed by atoms with Gasteiger partial charge in [0, 0.05) is 12.1 Å². The number of likely N-dealkylation sites (tertiary alicyclic amines) is 1. The summed E-state index contributed by atoms with van der Waals surface area (Å²) >= 11 is 0. The Morgan fingerprint density at radius 1 is 1.16 bits per heavy atom. The largest absolute Gasteiger partial charge is 0.461 e. The Morgan fingerprint density at radius 2 is 1.79 bits per heavy atom. The molecule has 1 aliphatic heterocycles. The molecular formula is C16H23NO2. The number of carbonyl (C=O) groups is 1. The monoisotopic (exact) mass is 261 g/mol. The van der Waals surface area contributed by atoms with E-state index in [1.54, 1.807) is 0 Å². The molecule has 0 amide bonds. The van der Waals surface area contributed by atoms with Crippen molar-refractivity contribution in [3.8, 4) is 0 Å². The van der Waals surface area contributed by atoms with Crippen LogP contribution in [0.5, 0.6) is 0 Å². The van der Waals surface area contributed by atoms with Crippen LogP contribution in [0.4, 0.5) is 0 Å². The molecule has 3 heteroatoms. The Hall–Kier alpha value is -1.35. The van der Waals surface area contributed by atoms with E-state index in [1.807, 2.05) is 30.3 Å². The second-order valence-corrected chi connectivity index (χ2v) is 5.62. The van der Waals surface area contributed by atoms with E-state index >= 15 is 0 Å². The maximum Gasteiger partial charge on any atom is 0.311 e. The van der Waals surface area contributed by atoms with E-state index in [1.165, 1.54) is 0 Å². The van der Waals surface area contributed by atoms with Gasteiger partial charge >= 0.3 is 5.97 Å². The molecule has 4 atom stereocenters. The zero-order valence-corrected chi connectivity index (χ0v) is 12.2. The van der Waals surface area contributed by atoms with Crippen molar-refractivity contribution in [1.29, 1.82) is 0 Å². The molecule has 1 heterocycles. The Bertz CT molecular complexity index is 418. The van der Waals surface area contributed by atoms with Crippen molar-refractivity contribution in [2.24, 2.45) is 11.8 Å². The Balaban J connectivity index is 1.97. The summed E-state index contributed by atoms with van der Waals surface area (Å²) in [5.41, 5.74) is 1.04. The fourth-order valence-electron chi connectivity index (χ4n) is 2.97. The highest BCUT2D eigenvalue weighted by Crippen LogP contribution is 2.34. The smallest absolute Gasteiger partial charge is 0.311 e. The lowest BCUT2D eigenvalue weighted by Gasteiger charge is -2.21. The second-order valence-electron chi connectivity index (χ2n) is 5.62. The first-order valence-electron chi connectivity index (χ1n) is 6.95. The molecule has 1 saturated heterocycles. The SMILES string of the molecule is CC1C(C(=O)OCc2ccccc2)C(C)N(C)C1C. The van der Waals surface area contributed by atoms with E-state index < -0.39 is 0 Å². The van der Waals surface area contributed by atoms with E-state index in [0.29, 0.717) is 18.6 Å². The fourth-order valence-corrected chi connectivity index (χ4v) is 2.97. The van der Waals surface area contributed by atoms with Crippen LogP contribution in [0.1, 0.15) is 26.3 Å². The van der Waals surface area contributed by atoms with E-state index in [-0.39, 0.29) is 17.9 Å². The summed E-state index contributed by atoms with van der Waals surface area (Å²) in [5, 5.41) is 0. The molecule has 0 aromatic heterocycles. The van der Waals surface area contributed by atoms with Crippen LogP contribution >= 0.6 is 0 Å². The molecule has 0 radical (unpaired) electrons. The van der Waals surface area contributed by atoms with Gasteiger partial charge in [-0.05, 0) is 32.4 Å². The molecule has 0 saturated carbocycles. The Morgan fingerprint density at radius 3 is 2.32 bits per heavy atom. The molecule has 0 bridgehead atoms. The molecule has 1 fully saturated rings. The van der Waals surface area contributed by atoms with Gasteiger partial charge in [0.25, 0.3) is 0 Å². The lowest BCUT2D eigenvalue weighted by atomic mass is 9.90. The van der Waals surface area contributed by atoms with Crippen LogP contribution in [0, 0.1) is 11.8 Å². The first kappa shape index (κ1) is 14.1. The molecule has 0 spiro atoms. The maximum absolute atomic E-state index is 12.3. The minimum absolute atomic E-state index is 0.0243. The average molecular weight is 261 g/mol. The summed E-state index contributed by atoms with van der Waals surface area (Å²) in [5.74, 6) is 0.243. The molecule has 1 aliphatic rings. The van der Waals surface area contributed by atoms with E-state index in [0.717, 1.165) is 5.56 Å². The third kappa shape index (κ3) is 2.81.